The molecule has 24 heavy (non-hydrogen) atoms. The van der Waals surface area contributed by atoms with Gasteiger partial charge in [0.25, 0.3) is 5.92 Å². The average molecular weight is 329 g/mol. The van der Waals surface area contributed by atoms with Crippen LogP contribution in [-0.4, -0.2) is 24.2 Å². The predicted octanol–water partition coefficient (Wildman–Crippen LogP) is 4.57. The maximum absolute atomic E-state index is 13.2. The number of ketones is 2. The van der Waals surface area contributed by atoms with E-state index < -0.39 is 5.92 Å². The quantitative estimate of drug-likeness (QED) is 0.587. The Kier molecular flexibility index (Phi) is 5.02. The minimum atomic E-state index is -2.93. The van der Waals surface area contributed by atoms with Crippen molar-refractivity contribution in [1.82, 2.24) is 0 Å². The van der Waals surface area contributed by atoms with Gasteiger partial charge in [0.05, 0.1) is 0 Å². The summed E-state index contributed by atoms with van der Waals surface area (Å²) in [7, 11) is 0. The zero-order valence-electron chi connectivity index (χ0n) is 13.5. The third kappa shape index (κ3) is 3.79. The van der Waals surface area contributed by atoms with Crippen LogP contribution in [0, 0.1) is 0 Å². The first-order valence-electron chi connectivity index (χ1n) is 7.35. The first kappa shape index (κ1) is 17.7. The molecule has 124 valence electrons. The largest absolute Gasteiger partial charge is 0.289 e. The van der Waals surface area contributed by atoms with E-state index in [0.717, 1.165) is 6.92 Å². The highest BCUT2D eigenvalue weighted by atomic mass is 19.3. The number of benzene rings is 1. The van der Waals surface area contributed by atoms with E-state index in [-0.39, 0.29) is 29.1 Å². The average Bonchev–Trinajstić information content (AvgIpc) is 2.54. The molecule has 0 spiro atoms. The summed E-state index contributed by atoms with van der Waals surface area (Å²) in [5.41, 5.74) is 1.19. The van der Waals surface area contributed by atoms with Gasteiger partial charge in [0, 0.05) is 35.7 Å². The Balaban J connectivity index is 2.28. The molecule has 5 heteroatoms. The summed E-state index contributed by atoms with van der Waals surface area (Å²) in [5, 5.41) is 0. The zero-order chi connectivity index (χ0) is 17.9. The van der Waals surface area contributed by atoms with Gasteiger partial charge in [-0.25, -0.2) is 8.78 Å². The van der Waals surface area contributed by atoms with Crippen molar-refractivity contribution in [3.63, 3.8) is 0 Å². The Morgan fingerprint density at radius 2 is 1.83 bits per heavy atom. The lowest BCUT2D eigenvalue weighted by Gasteiger charge is -2.15. The maximum atomic E-state index is 13.2. The summed E-state index contributed by atoms with van der Waals surface area (Å²) in [4.78, 5) is 28.3. The topological polar surface area (TPSA) is 46.5 Å². The molecule has 0 fully saturated rings. The number of nitrogens with zero attached hydrogens (tertiary/aromatic N) is 1. The van der Waals surface area contributed by atoms with E-state index in [1.807, 2.05) is 0 Å². The van der Waals surface area contributed by atoms with Crippen LogP contribution in [0.1, 0.15) is 41.0 Å². The number of hydrogen-bond acceptors (Lipinski definition) is 3. The van der Waals surface area contributed by atoms with Crippen LogP contribution >= 0.6 is 0 Å². The second kappa shape index (κ2) is 6.83. The van der Waals surface area contributed by atoms with E-state index in [1.165, 1.54) is 25.2 Å². The summed E-state index contributed by atoms with van der Waals surface area (Å²) < 4.78 is 26.3. The smallest absolute Gasteiger partial charge is 0.266 e. The van der Waals surface area contributed by atoms with E-state index >= 15 is 0 Å². The number of carbonyl (C=O) groups excluding carboxylic acids is 2. The molecule has 0 bridgehead atoms. The molecule has 1 aromatic rings. The molecule has 0 atom stereocenters. The summed E-state index contributed by atoms with van der Waals surface area (Å²) in [6.07, 6.45) is 3.96. The summed E-state index contributed by atoms with van der Waals surface area (Å²) in [5.74, 6) is -3.45. The van der Waals surface area contributed by atoms with Crippen molar-refractivity contribution >= 4 is 18.3 Å². The number of halogens is 2. The number of aliphatic imine (C=N–C) groups is 1. The van der Waals surface area contributed by atoms with Gasteiger partial charge < -0.3 is 0 Å². The van der Waals surface area contributed by atoms with Crippen molar-refractivity contribution in [3.8, 4) is 0 Å². The second-order valence-corrected chi connectivity index (χ2v) is 5.64. The molecule has 0 radical (unpaired) electrons. The molecule has 1 aromatic carbocycles. The predicted molar refractivity (Wildman–Crippen MR) is 89.8 cm³/mol. The normalized spacial score (nSPS) is 15.9. The van der Waals surface area contributed by atoms with Crippen molar-refractivity contribution in [2.45, 2.75) is 26.2 Å². The van der Waals surface area contributed by atoms with Crippen LogP contribution in [0.2, 0.25) is 0 Å². The lowest BCUT2D eigenvalue weighted by atomic mass is 9.87. The fraction of sp³-hybridized carbons (Fsp3) is 0.211. The maximum Gasteiger partial charge on any atom is 0.266 e. The first-order chi connectivity index (χ1) is 11.2. The highest BCUT2D eigenvalue weighted by Crippen LogP contribution is 2.26. The van der Waals surface area contributed by atoms with Gasteiger partial charge in [-0.15, -0.1) is 0 Å². The van der Waals surface area contributed by atoms with Gasteiger partial charge in [-0.05, 0) is 31.4 Å². The van der Waals surface area contributed by atoms with Gasteiger partial charge in [0.15, 0.2) is 11.6 Å². The molecule has 0 aromatic heterocycles. The minimum Gasteiger partial charge on any atom is -0.289 e. The third-order valence-corrected chi connectivity index (χ3v) is 3.83. The summed E-state index contributed by atoms with van der Waals surface area (Å²) in [6.45, 7) is 5.51. The molecular formula is C19H17F2NO2. The Morgan fingerprint density at radius 3 is 2.42 bits per heavy atom. The van der Waals surface area contributed by atoms with Crippen molar-refractivity contribution in [1.29, 1.82) is 0 Å². The van der Waals surface area contributed by atoms with Crippen LogP contribution in [0.5, 0.6) is 0 Å². The molecule has 2 rings (SSSR count). The molecule has 0 aliphatic heterocycles. The minimum absolute atomic E-state index is 0.0570. The number of rotatable bonds is 5. The van der Waals surface area contributed by atoms with Gasteiger partial charge >= 0.3 is 0 Å². The van der Waals surface area contributed by atoms with Crippen LogP contribution in [0.3, 0.4) is 0 Å². The van der Waals surface area contributed by atoms with Crippen molar-refractivity contribution in [2.75, 3.05) is 0 Å². The number of allylic oxidation sites excluding steroid dienone is 5. The Hall–Kier alpha value is -2.69. The zero-order valence-corrected chi connectivity index (χ0v) is 13.5. The van der Waals surface area contributed by atoms with Crippen LogP contribution in [-0.2, 0) is 0 Å². The molecule has 0 saturated heterocycles. The number of Topliss-reactive ketones (excluding diaryl/α,β-unsaturated/α-hetero) is 1. The number of fused-ring (bicyclic) bond motifs is 1. The van der Waals surface area contributed by atoms with Gasteiger partial charge in [0.1, 0.15) is 0 Å². The van der Waals surface area contributed by atoms with Crippen molar-refractivity contribution in [3.05, 3.63) is 70.5 Å². The Labute approximate surface area is 139 Å². The van der Waals surface area contributed by atoms with Gasteiger partial charge in [-0.2, -0.15) is 0 Å². The number of hydrogen-bond donors (Lipinski definition) is 0. The molecular weight excluding hydrogens is 312 g/mol. The van der Waals surface area contributed by atoms with E-state index in [0.29, 0.717) is 16.8 Å². The molecule has 0 unspecified atom stereocenters. The Morgan fingerprint density at radius 1 is 1.21 bits per heavy atom. The summed E-state index contributed by atoms with van der Waals surface area (Å²) >= 11 is 0. The van der Waals surface area contributed by atoms with Gasteiger partial charge in [-0.3, -0.25) is 14.6 Å². The van der Waals surface area contributed by atoms with Crippen molar-refractivity contribution < 1.29 is 18.4 Å². The van der Waals surface area contributed by atoms with Gasteiger partial charge in [0.2, 0.25) is 0 Å². The standard InChI is InChI=1S/C19H17F2NO2/c1-12(19(2,20)21)8-9-14(22-3)10-13-11-17(23)15-6-4-5-7-16(15)18(13)24/h4-9,11H,3,10H2,1-2H3/b12-8+,14-9-. The fourth-order valence-electron chi connectivity index (χ4n) is 2.23. The van der Waals surface area contributed by atoms with Crippen LogP contribution in [0.25, 0.3) is 0 Å². The van der Waals surface area contributed by atoms with Crippen LogP contribution in [0.4, 0.5) is 8.78 Å². The number of alkyl halides is 2. The molecule has 1 aliphatic carbocycles. The van der Waals surface area contributed by atoms with Crippen molar-refractivity contribution in [2.24, 2.45) is 4.99 Å². The second-order valence-electron chi connectivity index (χ2n) is 5.64. The SMILES string of the molecule is C=N/C(=C\C=C(/C)C(C)(F)F)CC1=CC(=O)c2ccccc2C1=O. The molecule has 3 nitrogen and oxygen atoms in total. The monoisotopic (exact) mass is 329 g/mol. The van der Waals surface area contributed by atoms with Crippen LogP contribution < -0.4 is 0 Å². The number of carbonyl (C=O) groups is 2. The lowest BCUT2D eigenvalue weighted by molar-refractivity contribution is 0.0635. The molecule has 0 heterocycles. The van der Waals surface area contributed by atoms with E-state index in [1.54, 1.807) is 24.3 Å². The molecule has 1 aliphatic rings. The highest BCUT2D eigenvalue weighted by molar-refractivity contribution is 6.24. The fourth-order valence-corrected chi connectivity index (χ4v) is 2.23. The Bertz CT molecular complexity index is 796. The highest BCUT2D eigenvalue weighted by Gasteiger charge is 2.25. The van der Waals surface area contributed by atoms with E-state index in [9.17, 15) is 18.4 Å². The third-order valence-electron chi connectivity index (χ3n) is 3.83. The lowest BCUT2D eigenvalue weighted by Crippen LogP contribution is -2.17. The first-order valence-corrected chi connectivity index (χ1v) is 7.35. The van der Waals surface area contributed by atoms with E-state index in [2.05, 4.69) is 11.7 Å². The van der Waals surface area contributed by atoms with Crippen LogP contribution in [0.15, 0.2) is 64.3 Å². The molecule has 0 saturated carbocycles. The van der Waals surface area contributed by atoms with Gasteiger partial charge in [-0.1, -0.05) is 30.3 Å². The van der Waals surface area contributed by atoms with E-state index in [4.69, 9.17) is 0 Å². The molecule has 0 N–H and O–H groups in total. The summed E-state index contributed by atoms with van der Waals surface area (Å²) in [6, 6.07) is 6.57. The molecule has 0 amide bonds.